The fraction of sp³-hybridized carbons (Fsp3) is 0.267. The van der Waals surface area contributed by atoms with E-state index >= 15 is 0 Å². The monoisotopic (exact) mass is 299 g/mol. The number of aryl methyl sites for hydroxylation is 1. The smallest absolute Gasteiger partial charge is 0.268 e. The predicted molar refractivity (Wildman–Crippen MR) is 80.3 cm³/mol. The van der Waals surface area contributed by atoms with Crippen LogP contribution in [0.1, 0.15) is 11.9 Å². The van der Waals surface area contributed by atoms with Crippen molar-refractivity contribution >= 4 is 22.9 Å². The summed E-state index contributed by atoms with van der Waals surface area (Å²) in [6.45, 7) is 3.65. The molecule has 0 fully saturated rings. The van der Waals surface area contributed by atoms with Crippen LogP contribution < -0.4 is 9.64 Å². The van der Waals surface area contributed by atoms with E-state index in [0.717, 1.165) is 16.3 Å². The van der Waals surface area contributed by atoms with Crippen molar-refractivity contribution in [2.45, 2.75) is 20.0 Å². The number of thiazole rings is 1. The Bertz CT molecular complexity index is 748. The molecule has 1 amide bonds. The van der Waals surface area contributed by atoms with Crippen LogP contribution in [0.3, 0.4) is 0 Å². The molecule has 6 heteroatoms. The molecule has 1 aliphatic rings. The minimum absolute atomic E-state index is 0.0130. The zero-order valence-corrected chi connectivity index (χ0v) is 12.5. The highest BCUT2D eigenvalue weighted by Crippen LogP contribution is 2.37. The molecule has 0 radical (unpaired) electrons. The van der Waals surface area contributed by atoms with Gasteiger partial charge in [-0.15, -0.1) is 11.3 Å². The lowest BCUT2D eigenvalue weighted by Gasteiger charge is -2.31. The lowest BCUT2D eigenvalue weighted by atomic mass is 10.1. The van der Waals surface area contributed by atoms with Crippen LogP contribution in [0, 0.1) is 18.3 Å². The molecular weight excluding hydrogens is 286 g/mol. The number of rotatable bonds is 2. The number of anilines is 1. The van der Waals surface area contributed by atoms with E-state index in [0.29, 0.717) is 11.4 Å². The van der Waals surface area contributed by atoms with Gasteiger partial charge in [0.05, 0.1) is 22.5 Å². The van der Waals surface area contributed by atoms with Crippen molar-refractivity contribution in [3.63, 3.8) is 0 Å². The molecule has 1 atom stereocenters. The molecule has 0 saturated carbocycles. The second-order valence-corrected chi connectivity index (χ2v) is 5.84. The highest BCUT2D eigenvalue weighted by Gasteiger charge is 2.31. The van der Waals surface area contributed by atoms with Crippen molar-refractivity contribution < 1.29 is 9.53 Å². The summed E-state index contributed by atoms with van der Waals surface area (Å²) in [6, 6.07) is 7.62. The van der Waals surface area contributed by atoms with Crippen molar-refractivity contribution in [2.24, 2.45) is 0 Å². The Morgan fingerprint density at radius 3 is 3.00 bits per heavy atom. The van der Waals surface area contributed by atoms with E-state index in [1.807, 2.05) is 36.6 Å². The van der Waals surface area contributed by atoms with Gasteiger partial charge in [0.1, 0.15) is 12.3 Å². The molecular formula is C15H13N3O2S. The first-order chi connectivity index (χ1) is 10.1. The standard InChI is InChI=1S/C15H13N3O2S/c1-9-15(19)18(6-5-16)13-7-11(3-4-14(13)20-9)12-8-21-10(2)17-12/h3-4,7-9H,6H2,1-2H3/t9-/m1/s1. The number of fused-ring (bicyclic) bond motifs is 1. The van der Waals surface area contributed by atoms with Crippen molar-refractivity contribution in [1.82, 2.24) is 4.98 Å². The summed E-state index contributed by atoms with van der Waals surface area (Å²) in [5, 5.41) is 11.9. The number of aromatic nitrogens is 1. The maximum absolute atomic E-state index is 12.2. The maximum atomic E-state index is 12.2. The van der Waals surface area contributed by atoms with E-state index in [9.17, 15) is 4.79 Å². The molecule has 0 unspecified atom stereocenters. The Kier molecular flexibility index (Phi) is 3.35. The quantitative estimate of drug-likeness (QED) is 0.800. The number of amides is 1. The third-order valence-electron chi connectivity index (χ3n) is 3.31. The van der Waals surface area contributed by atoms with Crippen molar-refractivity contribution in [1.29, 1.82) is 5.26 Å². The van der Waals surface area contributed by atoms with Gasteiger partial charge < -0.3 is 4.74 Å². The van der Waals surface area contributed by atoms with Gasteiger partial charge in [-0.25, -0.2) is 4.98 Å². The molecule has 21 heavy (non-hydrogen) atoms. The topological polar surface area (TPSA) is 66.2 Å². The summed E-state index contributed by atoms with van der Waals surface area (Å²) >= 11 is 1.57. The fourth-order valence-electron chi connectivity index (χ4n) is 2.30. The van der Waals surface area contributed by atoms with E-state index < -0.39 is 6.10 Å². The van der Waals surface area contributed by atoms with Crippen LogP contribution in [0.25, 0.3) is 11.3 Å². The first-order valence-corrected chi connectivity index (χ1v) is 7.39. The summed E-state index contributed by atoms with van der Waals surface area (Å²) in [7, 11) is 0. The molecule has 3 rings (SSSR count). The van der Waals surface area contributed by atoms with Gasteiger partial charge in [-0.05, 0) is 32.0 Å². The highest BCUT2D eigenvalue weighted by molar-refractivity contribution is 7.09. The molecule has 1 aromatic heterocycles. The van der Waals surface area contributed by atoms with Crippen LogP contribution in [-0.2, 0) is 4.79 Å². The Balaban J connectivity index is 2.08. The molecule has 1 aromatic carbocycles. The van der Waals surface area contributed by atoms with Crippen LogP contribution in [0.5, 0.6) is 5.75 Å². The minimum atomic E-state index is -0.571. The van der Waals surface area contributed by atoms with Crippen LogP contribution in [0.4, 0.5) is 5.69 Å². The normalized spacial score (nSPS) is 17.1. The second kappa shape index (κ2) is 5.19. The van der Waals surface area contributed by atoms with E-state index in [1.165, 1.54) is 4.90 Å². The molecule has 0 bridgehead atoms. The van der Waals surface area contributed by atoms with Crippen molar-refractivity contribution in [3.8, 4) is 23.1 Å². The summed E-state index contributed by atoms with van der Waals surface area (Å²) in [5.41, 5.74) is 2.40. The highest BCUT2D eigenvalue weighted by atomic mass is 32.1. The van der Waals surface area contributed by atoms with Gasteiger partial charge in [-0.3, -0.25) is 9.69 Å². The summed E-state index contributed by atoms with van der Waals surface area (Å²) in [4.78, 5) is 18.1. The number of nitriles is 1. The number of carbonyl (C=O) groups excluding carboxylic acids is 1. The zero-order chi connectivity index (χ0) is 15.0. The Hall–Kier alpha value is -2.39. The predicted octanol–water partition coefficient (Wildman–Crippen LogP) is 2.76. The number of ether oxygens (including phenoxy) is 1. The number of hydrogen-bond acceptors (Lipinski definition) is 5. The maximum Gasteiger partial charge on any atom is 0.268 e. The van der Waals surface area contributed by atoms with E-state index in [2.05, 4.69) is 4.98 Å². The van der Waals surface area contributed by atoms with E-state index in [-0.39, 0.29) is 12.5 Å². The van der Waals surface area contributed by atoms with Gasteiger partial charge in [0.2, 0.25) is 0 Å². The van der Waals surface area contributed by atoms with Gasteiger partial charge in [-0.2, -0.15) is 5.26 Å². The summed E-state index contributed by atoms with van der Waals surface area (Å²) in [6.07, 6.45) is -0.571. The van der Waals surface area contributed by atoms with Crippen LogP contribution in [0.15, 0.2) is 23.6 Å². The summed E-state index contributed by atoms with van der Waals surface area (Å²) in [5.74, 6) is 0.420. The van der Waals surface area contributed by atoms with E-state index in [1.54, 1.807) is 18.3 Å². The average Bonchev–Trinajstić information content (AvgIpc) is 2.90. The lowest BCUT2D eigenvalue weighted by molar-refractivity contribution is -0.125. The minimum Gasteiger partial charge on any atom is -0.479 e. The molecule has 2 aromatic rings. The first kappa shape index (κ1) is 13.6. The third kappa shape index (κ3) is 2.36. The molecule has 106 valence electrons. The van der Waals surface area contributed by atoms with Gasteiger partial charge in [0.25, 0.3) is 5.91 Å². The molecule has 5 nitrogen and oxygen atoms in total. The largest absolute Gasteiger partial charge is 0.479 e. The lowest BCUT2D eigenvalue weighted by Crippen LogP contribution is -2.44. The zero-order valence-electron chi connectivity index (χ0n) is 11.7. The Labute approximate surface area is 126 Å². The molecule has 2 heterocycles. The van der Waals surface area contributed by atoms with Gasteiger partial charge in [-0.1, -0.05) is 0 Å². The molecule has 0 spiro atoms. The SMILES string of the molecule is Cc1nc(-c2ccc3c(c2)N(CC#N)C(=O)[C@@H](C)O3)cs1. The van der Waals surface area contributed by atoms with E-state index in [4.69, 9.17) is 10.00 Å². The number of carbonyl (C=O) groups is 1. The number of nitrogens with zero attached hydrogens (tertiary/aromatic N) is 3. The van der Waals surface area contributed by atoms with Crippen molar-refractivity contribution in [3.05, 3.63) is 28.6 Å². The van der Waals surface area contributed by atoms with Crippen LogP contribution in [-0.4, -0.2) is 23.5 Å². The summed E-state index contributed by atoms with van der Waals surface area (Å²) < 4.78 is 5.60. The fourth-order valence-corrected chi connectivity index (χ4v) is 2.92. The number of hydrogen-bond donors (Lipinski definition) is 0. The first-order valence-electron chi connectivity index (χ1n) is 6.51. The van der Waals surface area contributed by atoms with Gasteiger partial charge in [0, 0.05) is 10.9 Å². The van der Waals surface area contributed by atoms with Gasteiger partial charge in [0.15, 0.2) is 6.10 Å². The Morgan fingerprint density at radius 2 is 2.33 bits per heavy atom. The average molecular weight is 299 g/mol. The van der Waals surface area contributed by atoms with Crippen molar-refractivity contribution in [2.75, 3.05) is 11.4 Å². The van der Waals surface area contributed by atoms with Crippen LogP contribution in [0.2, 0.25) is 0 Å². The molecule has 0 aliphatic carbocycles. The number of benzene rings is 1. The van der Waals surface area contributed by atoms with Gasteiger partial charge >= 0.3 is 0 Å². The third-order valence-corrected chi connectivity index (χ3v) is 4.08. The molecule has 1 aliphatic heterocycles. The molecule has 0 saturated heterocycles. The van der Waals surface area contributed by atoms with Crippen LogP contribution >= 0.6 is 11.3 Å². The second-order valence-electron chi connectivity index (χ2n) is 4.78. The molecule has 0 N–H and O–H groups in total. The Morgan fingerprint density at radius 1 is 1.52 bits per heavy atom.